The zero-order chi connectivity index (χ0) is 14.8. The lowest BCUT2D eigenvalue weighted by Gasteiger charge is -2.23. The molecule has 1 fully saturated rings. The molecule has 2 heterocycles. The summed E-state index contributed by atoms with van der Waals surface area (Å²) >= 11 is 0. The Morgan fingerprint density at radius 1 is 1.48 bits per heavy atom. The first-order chi connectivity index (χ1) is 10.2. The quantitative estimate of drug-likeness (QED) is 0.850. The lowest BCUT2D eigenvalue weighted by atomic mass is 10.2. The van der Waals surface area contributed by atoms with Gasteiger partial charge in [-0.05, 0) is 38.8 Å². The lowest BCUT2D eigenvalue weighted by Crippen LogP contribution is -2.26. The molecule has 0 bridgehead atoms. The number of nitrogens with one attached hydrogen (secondary N) is 1. The molecule has 1 aliphatic rings. The van der Waals surface area contributed by atoms with Crippen LogP contribution in [0.15, 0.2) is 22.8 Å². The molecule has 1 N–H and O–H groups in total. The molecule has 0 aliphatic heterocycles. The molecule has 3 rings (SSSR count). The minimum Gasteiger partial charge on any atom is -0.467 e. The second-order valence-electron chi connectivity index (χ2n) is 5.76. The minimum absolute atomic E-state index is 0.706. The molecule has 0 radical (unpaired) electrons. The Morgan fingerprint density at radius 2 is 2.29 bits per heavy atom. The molecule has 21 heavy (non-hydrogen) atoms. The van der Waals surface area contributed by atoms with E-state index in [1.165, 1.54) is 24.2 Å². The number of furan rings is 1. The number of anilines is 1. The highest BCUT2D eigenvalue weighted by Crippen LogP contribution is 2.26. The monoisotopic (exact) mass is 288 g/mol. The van der Waals surface area contributed by atoms with Crippen molar-refractivity contribution in [2.45, 2.75) is 45.8 Å². The predicted molar refractivity (Wildman–Crippen MR) is 83.2 cm³/mol. The lowest BCUT2D eigenvalue weighted by molar-refractivity contribution is 0.500. The maximum Gasteiger partial charge on any atom is 0.131 e. The van der Waals surface area contributed by atoms with E-state index in [1.807, 2.05) is 23.9 Å². The number of hydrogen-bond acceptors (Lipinski definition) is 4. The summed E-state index contributed by atoms with van der Waals surface area (Å²) in [7, 11) is 2.02. The minimum atomic E-state index is 0.706. The maximum absolute atomic E-state index is 5.50. The molecular formula is C16H24N4O. The zero-order valence-electron chi connectivity index (χ0n) is 13.1. The molecule has 114 valence electrons. The van der Waals surface area contributed by atoms with E-state index >= 15 is 0 Å². The van der Waals surface area contributed by atoms with Gasteiger partial charge in [0.15, 0.2) is 0 Å². The second kappa shape index (κ2) is 5.93. The summed E-state index contributed by atoms with van der Waals surface area (Å²) in [6.07, 6.45) is 4.34. The third-order valence-corrected chi connectivity index (χ3v) is 4.07. The van der Waals surface area contributed by atoms with Gasteiger partial charge in [0.2, 0.25) is 0 Å². The summed E-state index contributed by atoms with van der Waals surface area (Å²) in [5, 5.41) is 8.21. The maximum atomic E-state index is 5.50. The van der Waals surface area contributed by atoms with Crippen LogP contribution in [-0.4, -0.2) is 22.4 Å². The molecule has 5 nitrogen and oxygen atoms in total. The fourth-order valence-electron chi connectivity index (χ4n) is 2.75. The van der Waals surface area contributed by atoms with Gasteiger partial charge < -0.3 is 14.6 Å². The van der Waals surface area contributed by atoms with E-state index in [1.54, 1.807) is 6.26 Å². The Labute approximate surface area is 125 Å². The van der Waals surface area contributed by atoms with Crippen LogP contribution < -0.4 is 10.2 Å². The summed E-state index contributed by atoms with van der Waals surface area (Å²) < 4.78 is 7.49. The van der Waals surface area contributed by atoms with E-state index < -0.39 is 0 Å². The number of aryl methyl sites for hydroxylation is 2. The smallest absolute Gasteiger partial charge is 0.131 e. The summed E-state index contributed by atoms with van der Waals surface area (Å²) in [5.74, 6) is 2.18. The number of hydrogen-bond donors (Lipinski definition) is 1. The molecule has 2 aromatic heterocycles. The van der Waals surface area contributed by atoms with Crippen LogP contribution in [0.1, 0.15) is 36.8 Å². The average molecular weight is 288 g/mol. The van der Waals surface area contributed by atoms with Gasteiger partial charge in [-0.25, -0.2) is 0 Å². The molecule has 0 amide bonds. The van der Waals surface area contributed by atoms with Crippen molar-refractivity contribution in [3.63, 3.8) is 0 Å². The van der Waals surface area contributed by atoms with E-state index in [-0.39, 0.29) is 0 Å². The topological polar surface area (TPSA) is 46.2 Å². The van der Waals surface area contributed by atoms with E-state index in [0.717, 1.165) is 31.1 Å². The molecule has 1 saturated carbocycles. The third kappa shape index (κ3) is 3.13. The molecule has 0 unspecified atom stereocenters. The van der Waals surface area contributed by atoms with Crippen LogP contribution in [0.3, 0.4) is 0 Å². The summed E-state index contributed by atoms with van der Waals surface area (Å²) in [4.78, 5) is 2.32. The number of aromatic nitrogens is 2. The van der Waals surface area contributed by atoms with Gasteiger partial charge in [0.25, 0.3) is 0 Å². The SMILES string of the molecule is CCN(Cc1ccco1)c1c(CNC2CC2)c(C)nn1C. The van der Waals surface area contributed by atoms with E-state index in [2.05, 4.69) is 29.2 Å². The van der Waals surface area contributed by atoms with Crippen molar-refractivity contribution in [2.75, 3.05) is 11.4 Å². The van der Waals surface area contributed by atoms with Gasteiger partial charge >= 0.3 is 0 Å². The Bertz CT molecular complexity index is 584. The van der Waals surface area contributed by atoms with Gasteiger partial charge in [-0.3, -0.25) is 4.68 Å². The fourth-order valence-corrected chi connectivity index (χ4v) is 2.75. The highest BCUT2D eigenvalue weighted by Gasteiger charge is 2.24. The van der Waals surface area contributed by atoms with Crippen LogP contribution in [-0.2, 0) is 20.1 Å². The number of rotatable bonds is 7. The summed E-state index contributed by atoms with van der Waals surface area (Å²) in [5.41, 5.74) is 2.41. The average Bonchev–Trinajstić information content (AvgIpc) is 3.06. The van der Waals surface area contributed by atoms with Crippen LogP contribution in [0.2, 0.25) is 0 Å². The van der Waals surface area contributed by atoms with Crippen LogP contribution >= 0.6 is 0 Å². The van der Waals surface area contributed by atoms with Gasteiger partial charge in [-0.1, -0.05) is 0 Å². The Balaban J connectivity index is 1.83. The molecular weight excluding hydrogens is 264 g/mol. The first-order valence-electron chi connectivity index (χ1n) is 7.72. The zero-order valence-corrected chi connectivity index (χ0v) is 13.1. The molecule has 0 saturated heterocycles. The van der Waals surface area contributed by atoms with Crippen LogP contribution in [0.4, 0.5) is 5.82 Å². The van der Waals surface area contributed by atoms with Crippen LogP contribution in [0.25, 0.3) is 0 Å². The Morgan fingerprint density at radius 3 is 2.90 bits per heavy atom. The van der Waals surface area contributed by atoms with Crippen LogP contribution in [0.5, 0.6) is 0 Å². The van der Waals surface area contributed by atoms with Crippen molar-refractivity contribution in [3.8, 4) is 0 Å². The van der Waals surface area contributed by atoms with Crippen molar-refractivity contribution in [1.82, 2.24) is 15.1 Å². The summed E-state index contributed by atoms with van der Waals surface area (Å²) in [6, 6.07) is 4.67. The molecule has 0 aromatic carbocycles. The molecule has 0 spiro atoms. The van der Waals surface area contributed by atoms with Gasteiger partial charge in [0.1, 0.15) is 11.6 Å². The largest absolute Gasteiger partial charge is 0.467 e. The van der Waals surface area contributed by atoms with Gasteiger partial charge in [0, 0.05) is 31.7 Å². The van der Waals surface area contributed by atoms with Gasteiger partial charge in [-0.15, -0.1) is 0 Å². The van der Waals surface area contributed by atoms with Crippen molar-refractivity contribution in [1.29, 1.82) is 0 Å². The van der Waals surface area contributed by atoms with Gasteiger partial charge in [-0.2, -0.15) is 5.10 Å². The third-order valence-electron chi connectivity index (χ3n) is 4.07. The summed E-state index contributed by atoms with van der Waals surface area (Å²) in [6.45, 7) is 6.86. The van der Waals surface area contributed by atoms with Crippen molar-refractivity contribution < 1.29 is 4.42 Å². The molecule has 2 aromatic rings. The van der Waals surface area contributed by atoms with E-state index in [9.17, 15) is 0 Å². The molecule has 1 aliphatic carbocycles. The normalized spacial score (nSPS) is 14.6. The standard InChI is InChI=1S/C16H24N4O/c1-4-20(11-14-6-5-9-21-14)16-15(10-17-13-7-8-13)12(2)18-19(16)3/h5-6,9,13,17H,4,7-8,10-11H2,1-3H3. The molecule has 5 heteroatoms. The van der Waals surface area contributed by atoms with Gasteiger partial charge in [0.05, 0.1) is 18.5 Å². The van der Waals surface area contributed by atoms with E-state index in [4.69, 9.17) is 4.42 Å². The Hall–Kier alpha value is -1.75. The fraction of sp³-hybridized carbons (Fsp3) is 0.562. The highest BCUT2D eigenvalue weighted by molar-refractivity contribution is 5.50. The number of nitrogens with zero attached hydrogens (tertiary/aromatic N) is 3. The first kappa shape index (κ1) is 14.2. The van der Waals surface area contributed by atoms with Crippen molar-refractivity contribution in [3.05, 3.63) is 35.4 Å². The first-order valence-corrected chi connectivity index (χ1v) is 7.72. The molecule has 0 atom stereocenters. The van der Waals surface area contributed by atoms with Crippen molar-refractivity contribution in [2.24, 2.45) is 7.05 Å². The Kier molecular flexibility index (Phi) is 4.01. The highest BCUT2D eigenvalue weighted by atomic mass is 16.3. The second-order valence-corrected chi connectivity index (χ2v) is 5.76. The predicted octanol–water partition coefficient (Wildman–Crippen LogP) is 2.60. The van der Waals surface area contributed by atoms with Crippen LogP contribution in [0, 0.1) is 6.92 Å². The van der Waals surface area contributed by atoms with Crippen molar-refractivity contribution >= 4 is 5.82 Å². The van der Waals surface area contributed by atoms with E-state index in [0.29, 0.717) is 6.04 Å².